The maximum Gasteiger partial charge on any atom is 0.333 e. The third-order valence-corrected chi connectivity index (χ3v) is 5.12. The van der Waals surface area contributed by atoms with E-state index in [-0.39, 0.29) is 12.0 Å². The normalized spacial score (nSPS) is 17.5. The van der Waals surface area contributed by atoms with Gasteiger partial charge in [0.2, 0.25) is 0 Å². The van der Waals surface area contributed by atoms with Gasteiger partial charge in [-0.05, 0) is 43.9 Å². The van der Waals surface area contributed by atoms with Gasteiger partial charge in [0.1, 0.15) is 5.60 Å². The van der Waals surface area contributed by atoms with E-state index in [9.17, 15) is 9.59 Å². The molecule has 6 nitrogen and oxygen atoms in total. The molecule has 0 bridgehead atoms. The van der Waals surface area contributed by atoms with Crippen LogP contribution in [0.4, 0.5) is 0 Å². The zero-order valence-electron chi connectivity index (χ0n) is 17.0. The number of carboxylic acid groups (broad SMARTS) is 1. The van der Waals surface area contributed by atoms with Crippen molar-refractivity contribution >= 4 is 23.5 Å². The Morgan fingerprint density at radius 1 is 1.34 bits per heavy atom. The Labute approximate surface area is 176 Å². The number of benzene rings is 1. The number of rotatable bonds is 10. The van der Waals surface area contributed by atoms with Crippen molar-refractivity contribution in [1.82, 2.24) is 5.32 Å². The summed E-state index contributed by atoms with van der Waals surface area (Å²) in [7, 11) is 1.38. The molecular weight excluding hydrogens is 394 g/mol. The van der Waals surface area contributed by atoms with Gasteiger partial charge in [0.05, 0.1) is 6.10 Å². The van der Waals surface area contributed by atoms with Gasteiger partial charge in [0.15, 0.2) is 6.10 Å². The molecule has 1 unspecified atom stereocenters. The molecule has 0 aromatic heterocycles. The summed E-state index contributed by atoms with van der Waals surface area (Å²) in [6, 6.07) is 7.55. The van der Waals surface area contributed by atoms with Crippen LogP contribution in [0.15, 0.2) is 48.1 Å². The van der Waals surface area contributed by atoms with Gasteiger partial charge in [-0.15, -0.1) is 0 Å². The number of amides is 1. The molecule has 1 aliphatic carbocycles. The first-order valence-electron chi connectivity index (χ1n) is 9.55. The summed E-state index contributed by atoms with van der Waals surface area (Å²) < 4.78 is 10.9. The summed E-state index contributed by atoms with van der Waals surface area (Å²) in [5.41, 5.74) is 0.856. The number of halogens is 1. The first-order chi connectivity index (χ1) is 13.7. The maximum absolute atomic E-state index is 12.5. The topological polar surface area (TPSA) is 84.9 Å². The lowest BCUT2D eigenvalue weighted by atomic mass is 9.99. The highest BCUT2D eigenvalue weighted by atomic mass is 35.5. The van der Waals surface area contributed by atoms with Crippen molar-refractivity contribution in [3.8, 4) is 0 Å². The second-order valence-corrected chi connectivity index (χ2v) is 7.81. The average molecular weight is 422 g/mol. The molecule has 0 fully saturated rings. The Morgan fingerprint density at radius 2 is 2.07 bits per heavy atom. The molecule has 2 N–H and O–H groups in total. The van der Waals surface area contributed by atoms with Crippen LogP contribution in [0.5, 0.6) is 0 Å². The molecule has 0 radical (unpaired) electrons. The number of hydrogen-bond acceptors (Lipinski definition) is 4. The van der Waals surface area contributed by atoms with E-state index in [0.717, 1.165) is 11.1 Å². The number of hydrogen-bond donors (Lipinski definition) is 2. The van der Waals surface area contributed by atoms with Gasteiger partial charge in [0.25, 0.3) is 5.91 Å². The number of carbonyl (C=O) groups is 2. The Morgan fingerprint density at radius 3 is 2.66 bits per heavy atom. The molecule has 1 aliphatic rings. The number of allylic oxidation sites excluding steroid dienone is 1. The van der Waals surface area contributed by atoms with E-state index in [1.165, 1.54) is 7.11 Å². The summed E-state index contributed by atoms with van der Waals surface area (Å²) in [6.45, 7) is 3.93. The minimum atomic E-state index is -1.00. The predicted octanol–water partition coefficient (Wildman–Crippen LogP) is 3.54. The van der Waals surface area contributed by atoms with Crippen molar-refractivity contribution in [1.29, 1.82) is 0 Å². The molecule has 0 saturated heterocycles. The van der Waals surface area contributed by atoms with Crippen LogP contribution in [0.25, 0.3) is 0 Å². The molecule has 2 atom stereocenters. The third-order valence-electron chi connectivity index (χ3n) is 4.75. The van der Waals surface area contributed by atoms with Gasteiger partial charge < -0.3 is 19.9 Å². The van der Waals surface area contributed by atoms with Crippen LogP contribution < -0.4 is 5.32 Å². The van der Waals surface area contributed by atoms with E-state index < -0.39 is 17.7 Å². The molecule has 0 aliphatic heterocycles. The van der Waals surface area contributed by atoms with E-state index in [2.05, 4.69) is 5.32 Å². The largest absolute Gasteiger partial charge is 0.479 e. The fraction of sp³-hybridized carbons (Fsp3) is 0.455. The lowest BCUT2D eigenvalue weighted by molar-refractivity contribution is -0.148. The SMILES string of the molecule is CO[C@@H](CC1=CCC(OC(C)(C)C(=O)NCCc2ccccc2Cl)C=C1)C(=O)O. The van der Waals surface area contributed by atoms with Crippen LogP contribution in [0.2, 0.25) is 5.02 Å². The Balaban J connectivity index is 1.81. The summed E-state index contributed by atoms with van der Waals surface area (Å²) in [5, 5.41) is 12.7. The molecule has 1 aromatic rings. The Hall–Kier alpha value is -2.15. The molecule has 158 valence electrons. The molecule has 29 heavy (non-hydrogen) atoms. The summed E-state index contributed by atoms with van der Waals surface area (Å²) in [5.74, 6) is -1.19. The number of methoxy groups -OCH3 is 1. The predicted molar refractivity (Wildman–Crippen MR) is 112 cm³/mol. The number of ether oxygens (including phenoxy) is 2. The van der Waals surface area contributed by atoms with Gasteiger partial charge in [-0.2, -0.15) is 0 Å². The molecule has 1 aromatic carbocycles. The van der Waals surface area contributed by atoms with Crippen LogP contribution in [-0.2, 0) is 25.5 Å². The van der Waals surface area contributed by atoms with Crippen molar-refractivity contribution in [3.63, 3.8) is 0 Å². The molecule has 0 saturated carbocycles. The number of nitrogens with one attached hydrogen (secondary N) is 1. The highest BCUT2D eigenvalue weighted by Crippen LogP contribution is 2.23. The van der Waals surface area contributed by atoms with Crippen molar-refractivity contribution < 1.29 is 24.2 Å². The fourth-order valence-electron chi connectivity index (χ4n) is 3.03. The zero-order valence-corrected chi connectivity index (χ0v) is 17.7. The molecule has 7 heteroatoms. The number of aliphatic carboxylic acids is 1. The number of carbonyl (C=O) groups excluding carboxylic acids is 1. The second kappa shape index (κ2) is 10.6. The van der Waals surface area contributed by atoms with Gasteiger partial charge in [-0.3, -0.25) is 4.79 Å². The Kier molecular flexibility index (Phi) is 8.44. The maximum atomic E-state index is 12.5. The standard InChI is InChI=1S/C22H28ClNO5/c1-22(2,21(27)24-13-12-16-6-4-5-7-18(16)23)29-17-10-8-15(9-11-17)14-19(28-3)20(25)26/h4-10,17,19H,11-14H2,1-3H3,(H,24,27)(H,25,26)/t17?,19-/m0/s1. The monoisotopic (exact) mass is 421 g/mol. The summed E-state index contributed by atoms with van der Waals surface area (Å²) >= 11 is 6.14. The van der Waals surface area contributed by atoms with Gasteiger partial charge >= 0.3 is 5.97 Å². The van der Waals surface area contributed by atoms with E-state index in [4.69, 9.17) is 26.2 Å². The zero-order chi connectivity index (χ0) is 21.4. The van der Waals surface area contributed by atoms with Gasteiger partial charge in [0, 0.05) is 25.1 Å². The van der Waals surface area contributed by atoms with Crippen molar-refractivity contribution in [3.05, 3.63) is 58.7 Å². The lowest BCUT2D eigenvalue weighted by Crippen LogP contribution is -2.46. The quantitative estimate of drug-likeness (QED) is 0.603. The average Bonchev–Trinajstić information content (AvgIpc) is 2.68. The van der Waals surface area contributed by atoms with E-state index in [0.29, 0.717) is 30.8 Å². The Bertz CT molecular complexity index is 787. The smallest absolute Gasteiger partial charge is 0.333 e. The summed E-state index contributed by atoms with van der Waals surface area (Å²) in [6.07, 6.45) is 5.97. The van der Waals surface area contributed by atoms with E-state index in [1.807, 2.05) is 42.5 Å². The first-order valence-corrected chi connectivity index (χ1v) is 9.93. The molecule has 0 heterocycles. The highest BCUT2D eigenvalue weighted by molar-refractivity contribution is 6.31. The van der Waals surface area contributed by atoms with Crippen LogP contribution in [-0.4, -0.2) is 48.4 Å². The van der Waals surface area contributed by atoms with E-state index >= 15 is 0 Å². The lowest BCUT2D eigenvalue weighted by Gasteiger charge is -2.29. The second-order valence-electron chi connectivity index (χ2n) is 7.40. The van der Waals surface area contributed by atoms with Crippen LogP contribution in [0.3, 0.4) is 0 Å². The highest BCUT2D eigenvalue weighted by Gasteiger charge is 2.31. The van der Waals surface area contributed by atoms with Crippen LogP contribution in [0, 0.1) is 0 Å². The van der Waals surface area contributed by atoms with Crippen LogP contribution >= 0.6 is 11.6 Å². The van der Waals surface area contributed by atoms with Crippen molar-refractivity contribution in [2.24, 2.45) is 0 Å². The molecule has 1 amide bonds. The minimum absolute atomic E-state index is 0.196. The van der Waals surface area contributed by atoms with Crippen molar-refractivity contribution in [2.45, 2.75) is 50.9 Å². The van der Waals surface area contributed by atoms with Gasteiger partial charge in [-0.25, -0.2) is 4.79 Å². The van der Waals surface area contributed by atoms with Crippen LogP contribution in [0.1, 0.15) is 32.3 Å². The molecule has 0 spiro atoms. The summed E-state index contributed by atoms with van der Waals surface area (Å²) in [4.78, 5) is 23.6. The van der Waals surface area contributed by atoms with Crippen molar-refractivity contribution in [2.75, 3.05) is 13.7 Å². The molecular formula is C22H28ClNO5. The minimum Gasteiger partial charge on any atom is -0.479 e. The first kappa shape index (κ1) is 23.1. The number of carboxylic acids is 1. The molecule has 2 rings (SSSR count). The fourth-order valence-corrected chi connectivity index (χ4v) is 3.26. The third kappa shape index (κ3) is 6.99. The van der Waals surface area contributed by atoms with Gasteiger partial charge in [-0.1, -0.05) is 48.0 Å². The van der Waals surface area contributed by atoms with E-state index in [1.54, 1.807) is 13.8 Å².